The molecule has 0 aliphatic rings. The summed E-state index contributed by atoms with van der Waals surface area (Å²) < 4.78 is 9.83. The van der Waals surface area contributed by atoms with E-state index < -0.39 is 34.5 Å². The van der Waals surface area contributed by atoms with Gasteiger partial charge >= 0.3 is 17.8 Å². The normalized spacial score (nSPS) is 10.9. The summed E-state index contributed by atoms with van der Waals surface area (Å²) in [6, 6.07) is 0. The lowest BCUT2D eigenvalue weighted by atomic mass is 10.2. The average molecular weight is 270 g/mol. The molecule has 0 unspecified atom stereocenters. The molecule has 0 radical (unpaired) electrons. The van der Waals surface area contributed by atoms with Gasteiger partial charge in [0, 0.05) is 6.20 Å². The zero-order valence-corrected chi connectivity index (χ0v) is 11.0. The van der Waals surface area contributed by atoms with Gasteiger partial charge in [-0.25, -0.2) is 19.0 Å². The predicted molar refractivity (Wildman–Crippen MR) is 64.3 cm³/mol. The average Bonchev–Trinajstić information content (AvgIpc) is 2.25. The molecule has 0 aliphatic carbocycles. The number of ether oxygens (including phenoxy) is 2. The van der Waals surface area contributed by atoms with Crippen molar-refractivity contribution >= 4 is 12.1 Å². The third-order valence-corrected chi connectivity index (χ3v) is 1.94. The summed E-state index contributed by atoms with van der Waals surface area (Å²) in [5, 5.41) is 0. The first kappa shape index (κ1) is 14.7. The molecule has 8 heteroatoms. The van der Waals surface area contributed by atoms with Gasteiger partial charge in [-0.05, 0) is 20.8 Å². The number of nitrogens with one attached hydrogen (secondary N) is 1. The maximum atomic E-state index is 11.7. The van der Waals surface area contributed by atoms with Gasteiger partial charge in [0.05, 0.1) is 7.11 Å². The Balaban J connectivity index is 3.30. The Morgan fingerprint density at radius 3 is 2.32 bits per heavy atom. The highest BCUT2D eigenvalue weighted by atomic mass is 16.6. The number of aromatic amines is 1. The number of aromatic nitrogens is 2. The Morgan fingerprint density at radius 1 is 1.26 bits per heavy atom. The molecule has 0 aliphatic heterocycles. The van der Waals surface area contributed by atoms with Crippen LogP contribution in [0.25, 0.3) is 0 Å². The van der Waals surface area contributed by atoms with Gasteiger partial charge in [0.15, 0.2) is 0 Å². The van der Waals surface area contributed by atoms with Gasteiger partial charge in [0.25, 0.3) is 5.56 Å². The summed E-state index contributed by atoms with van der Waals surface area (Å²) in [7, 11) is 1.07. The van der Waals surface area contributed by atoms with Gasteiger partial charge in [-0.2, -0.15) is 0 Å². The molecular weight excluding hydrogens is 256 g/mol. The van der Waals surface area contributed by atoms with Crippen LogP contribution < -0.4 is 11.2 Å². The molecule has 8 nitrogen and oxygen atoms in total. The molecule has 19 heavy (non-hydrogen) atoms. The van der Waals surface area contributed by atoms with Crippen molar-refractivity contribution in [2.75, 3.05) is 7.11 Å². The summed E-state index contributed by atoms with van der Waals surface area (Å²) in [5.74, 6) is -0.960. The molecule has 1 aromatic rings. The highest BCUT2D eigenvalue weighted by Gasteiger charge is 2.21. The Kier molecular flexibility index (Phi) is 3.93. The number of hydrogen-bond acceptors (Lipinski definition) is 6. The van der Waals surface area contributed by atoms with E-state index in [1.165, 1.54) is 0 Å². The fraction of sp³-hybridized carbons (Fsp3) is 0.455. The van der Waals surface area contributed by atoms with E-state index in [0.29, 0.717) is 4.57 Å². The van der Waals surface area contributed by atoms with Gasteiger partial charge in [-0.1, -0.05) is 0 Å². The van der Waals surface area contributed by atoms with E-state index in [4.69, 9.17) is 4.74 Å². The van der Waals surface area contributed by atoms with Crippen molar-refractivity contribution in [2.24, 2.45) is 0 Å². The zero-order valence-electron chi connectivity index (χ0n) is 11.0. The quantitative estimate of drug-likeness (QED) is 0.725. The zero-order chi connectivity index (χ0) is 14.8. The molecule has 1 heterocycles. The van der Waals surface area contributed by atoms with E-state index in [0.717, 1.165) is 13.3 Å². The van der Waals surface area contributed by atoms with Crippen LogP contribution in [0, 0.1) is 0 Å². The first-order chi connectivity index (χ1) is 8.65. The summed E-state index contributed by atoms with van der Waals surface area (Å²) in [6.07, 6.45) is -0.208. The number of H-pyrrole nitrogens is 1. The lowest BCUT2D eigenvalue weighted by molar-refractivity contribution is 0.0526. The molecule has 0 aromatic carbocycles. The van der Waals surface area contributed by atoms with Crippen molar-refractivity contribution < 1.29 is 19.1 Å². The van der Waals surface area contributed by atoms with E-state index in [9.17, 15) is 19.2 Å². The lowest BCUT2D eigenvalue weighted by Gasteiger charge is -2.19. The number of esters is 1. The second-order valence-electron chi connectivity index (χ2n) is 4.64. The Bertz CT molecular complexity index is 619. The second kappa shape index (κ2) is 5.09. The van der Waals surface area contributed by atoms with Crippen molar-refractivity contribution in [3.8, 4) is 0 Å². The Labute approximate surface area is 108 Å². The van der Waals surface area contributed by atoms with Crippen LogP contribution in [0.4, 0.5) is 4.79 Å². The van der Waals surface area contributed by atoms with Crippen molar-refractivity contribution in [3.05, 3.63) is 32.6 Å². The molecule has 1 aromatic heterocycles. The monoisotopic (exact) mass is 270 g/mol. The van der Waals surface area contributed by atoms with Crippen molar-refractivity contribution in [2.45, 2.75) is 26.4 Å². The minimum atomic E-state index is -1.00. The smallest absolute Gasteiger partial charge is 0.422 e. The van der Waals surface area contributed by atoms with Gasteiger partial charge in [-0.3, -0.25) is 9.78 Å². The summed E-state index contributed by atoms with van der Waals surface area (Å²) in [6.45, 7) is 4.84. The molecule has 104 valence electrons. The third kappa shape index (κ3) is 3.54. The number of rotatable bonds is 1. The standard InChI is InChI=1S/C11H14N2O6/c1-11(2,3)19-10(17)13-5-6(8(15)18-4)7(14)12-9(13)16/h5H,1-4H3,(H,12,14,16). The summed E-state index contributed by atoms with van der Waals surface area (Å²) in [5.41, 5.74) is -3.21. The van der Waals surface area contributed by atoms with Crippen LogP contribution >= 0.6 is 0 Å². The fourth-order valence-electron chi connectivity index (χ4n) is 1.17. The molecule has 0 saturated heterocycles. The van der Waals surface area contributed by atoms with Crippen molar-refractivity contribution in [1.82, 2.24) is 9.55 Å². The maximum absolute atomic E-state index is 11.7. The SMILES string of the molecule is COC(=O)c1cn(C(=O)OC(C)(C)C)c(=O)[nH]c1=O. The highest BCUT2D eigenvalue weighted by molar-refractivity contribution is 5.89. The lowest BCUT2D eigenvalue weighted by Crippen LogP contribution is -2.39. The number of carbonyl (C=O) groups excluding carboxylic acids is 2. The van der Waals surface area contributed by atoms with E-state index >= 15 is 0 Å². The molecule has 0 bridgehead atoms. The van der Waals surface area contributed by atoms with Gasteiger partial charge in [0.2, 0.25) is 0 Å². The Hall–Kier alpha value is -2.38. The molecule has 1 rings (SSSR count). The van der Waals surface area contributed by atoms with Crippen molar-refractivity contribution in [3.63, 3.8) is 0 Å². The summed E-state index contributed by atoms with van der Waals surface area (Å²) in [4.78, 5) is 47.7. The largest absolute Gasteiger partial charge is 0.465 e. The van der Waals surface area contributed by atoms with Crippen LogP contribution in [0.15, 0.2) is 15.8 Å². The van der Waals surface area contributed by atoms with E-state index in [2.05, 4.69) is 4.74 Å². The molecule has 0 amide bonds. The minimum Gasteiger partial charge on any atom is -0.465 e. The number of nitrogens with zero attached hydrogens (tertiary/aromatic N) is 1. The highest BCUT2D eigenvalue weighted by Crippen LogP contribution is 2.07. The van der Waals surface area contributed by atoms with Crippen LogP contribution in [0.2, 0.25) is 0 Å². The fourth-order valence-corrected chi connectivity index (χ4v) is 1.17. The molecule has 0 spiro atoms. The third-order valence-electron chi connectivity index (χ3n) is 1.94. The van der Waals surface area contributed by atoms with E-state index in [1.807, 2.05) is 4.98 Å². The van der Waals surface area contributed by atoms with Crippen LogP contribution in [-0.2, 0) is 9.47 Å². The van der Waals surface area contributed by atoms with Crippen LogP contribution in [0.3, 0.4) is 0 Å². The van der Waals surface area contributed by atoms with Gasteiger partial charge in [0.1, 0.15) is 11.2 Å². The van der Waals surface area contributed by atoms with Gasteiger partial charge in [-0.15, -0.1) is 0 Å². The number of methoxy groups -OCH3 is 1. The Morgan fingerprint density at radius 2 is 1.84 bits per heavy atom. The van der Waals surface area contributed by atoms with Crippen molar-refractivity contribution in [1.29, 1.82) is 0 Å². The van der Waals surface area contributed by atoms with E-state index in [1.54, 1.807) is 20.8 Å². The van der Waals surface area contributed by atoms with E-state index in [-0.39, 0.29) is 0 Å². The number of carbonyl (C=O) groups is 2. The first-order valence-electron chi connectivity index (χ1n) is 5.33. The topological polar surface area (TPSA) is 107 Å². The van der Waals surface area contributed by atoms with Crippen LogP contribution in [0.5, 0.6) is 0 Å². The minimum absolute atomic E-state index is 0.465. The first-order valence-corrected chi connectivity index (χ1v) is 5.33. The molecule has 0 saturated carbocycles. The van der Waals surface area contributed by atoms with Gasteiger partial charge < -0.3 is 9.47 Å². The second-order valence-corrected chi connectivity index (χ2v) is 4.64. The molecule has 0 fully saturated rings. The maximum Gasteiger partial charge on any atom is 0.422 e. The molecule has 0 atom stereocenters. The predicted octanol–water partition coefficient (Wildman–Crippen LogP) is 0.106. The summed E-state index contributed by atoms with van der Waals surface area (Å²) >= 11 is 0. The molecule has 1 N–H and O–H groups in total. The van der Waals surface area contributed by atoms with Crippen LogP contribution in [0.1, 0.15) is 31.1 Å². The molecular formula is C11H14N2O6. The number of hydrogen-bond donors (Lipinski definition) is 1. The van der Waals surface area contributed by atoms with Crippen LogP contribution in [-0.4, -0.2) is 34.3 Å².